The highest BCUT2D eigenvalue weighted by molar-refractivity contribution is 7.98. The first-order valence-electron chi connectivity index (χ1n) is 6.56. The molecule has 0 aliphatic rings. The fraction of sp³-hybridized carbons (Fsp3) is 0.769. The van der Waals surface area contributed by atoms with E-state index in [1.165, 1.54) is 29.2 Å². The first-order chi connectivity index (χ1) is 8.69. The van der Waals surface area contributed by atoms with Crippen molar-refractivity contribution in [3.8, 4) is 0 Å². The third-order valence-corrected chi connectivity index (χ3v) is 4.73. The first kappa shape index (κ1) is 15.8. The van der Waals surface area contributed by atoms with Gasteiger partial charge in [-0.2, -0.15) is 11.8 Å². The van der Waals surface area contributed by atoms with Crippen molar-refractivity contribution in [2.24, 2.45) is 0 Å². The Morgan fingerprint density at radius 2 is 2.22 bits per heavy atom. The largest absolute Gasteiger partial charge is 0.351 e. The van der Waals surface area contributed by atoms with Gasteiger partial charge in [-0.05, 0) is 38.3 Å². The van der Waals surface area contributed by atoms with Gasteiger partial charge in [0.2, 0.25) is 0 Å². The zero-order chi connectivity index (χ0) is 13.4. The lowest BCUT2D eigenvalue weighted by atomic mass is 10.4. The maximum absolute atomic E-state index is 4.67. The van der Waals surface area contributed by atoms with Crippen LogP contribution in [0.4, 0.5) is 5.13 Å². The number of hydrogen-bond acceptors (Lipinski definition) is 5. The number of aromatic nitrogens is 1. The highest BCUT2D eigenvalue weighted by Gasteiger charge is 2.10. The van der Waals surface area contributed by atoms with Crippen LogP contribution in [0.2, 0.25) is 0 Å². The van der Waals surface area contributed by atoms with Gasteiger partial charge in [0.15, 0.2) is 5.13 Å². The minimum absolute atomic E-state index is 0.954. The van der Waals surface area contributed by atoms with Gasteiger partial charge in [0.25, 0.3) is 0 Å². The Bertz CT molecular complexity index is 339. The van der Waals surface area contributed by atoms with Crippen LogP contribution in [0.25, 0.3) is 0 Å². The normalized spacial score (nSPS) is 10.9. The summed E-state index contributed by atoms with van der Waals surface area (Å²) in [6, 6.07) is 0. The molecule has 1 aromatic heterocycles. The number of thiazole rings is 1. The maximum Gasteiger partial charge on any atom is 0.185 e. The highest BCUT2D eigenvalue weighted by atomic mass is 32.2. The van der Waals surface area contributed by atoms with Gasteiger partial charge in [-0.3, -0.25) is 0 Å². The van der Waals surface area contributed by atoms with E-state index in [2.05, 4.69) is 42.4 Å². The van der Waals surface area contributed by atoms with Crippen molar-refractivity contribution >= 4 is 28.2 Å². The van der Waals surface area contributed by atoms with Crippen LogP contribution in [-0.4, -0.2) is 37.1 Å². The van der Waals surface area contributed by atoms with Crippen LogP contribution in [-0.2, 0) is 6.54 Å². The summed E-state index contributed by atoms with van der Waals surface area (Å²) >= 11 is 3.73. The van der Waals surface area contributed by atoms with Gasteiger partial charge in [0.1, 0.15) is 0 Å². The van der Waals surface area contributed by atoms with Crippen molar-refractivity contribution in [3.63, 3.8) is 0 Å². The molecule has 0 spiro atoms. The molecule has 1 aromatic rings. The van der Waals surface area contributed by atoms with E-state index in [0.29, 0.717) is 0 Å². The number of aryl methyl sites for hydroxylation is 1. The van der Waals surface area contributed by atoms with Gasteiger partial charge in [-0.25, -0.2) is 4.98 Å². The van der Waals surface area contributed by atoms with Crippen LogP contribution < -0.4 is 10.2 Å². The molecule has 0 saturated heterocycles. The molecule has 0 aliphatic carbocycles. The monoisotopic (exact) mass is 287 g/mol. The zero-order valence-electron chi connectivity index (χ0n) is 12.0. The molecule has 0 radical (unpaired) electrons. The molecule has 0 saturated carbocycles. The van der Waals surface area contributed by atoms with Crippen molar-refractivity contribution < 1.29 is 0 Å². The van der Waals surface area contributed by atoms with E-state index in [1.54, 1.807) is 0 Å². The van der Waals surface area contributed by atoms with Crippen molar-refractivity contribution in [1.82, 2.24) is 10.3 Å². The van der Waals surface area contributed by atoms with Crippen molar-refractivity contribution in [2.45, 2.75) is 33.2 Å². The van der Waals surface area contributed by atoms with Gasteiger partial charge < -0.3 is 10.2 Å². The summed E-state index contributed by atoms with van der Waals surface area (Å²) in [5.41, 5.74) is 1.18. The predicted molar refractivity (Wildman–Crippen MR) is 85.1 cm³/mol. The van der Waals surface area contributed by atoms with Gasteiger partial charge in [0, 0.05) is 25.0 Å². The number of rotatable bonds is 9. The molecule has 1 N–H and O–H groups in total. The predicted octanol–water partition coefficient (Wildman–Crippen LogP) is 3.14. The lowest BCUT2D eigenvalue weighted by molar-refractivity contribution is 0.678. The van der Waals surface area contributed by atoms with Crippen LogP contribution in [0.5, 0.6) is 0 Å². The van der Waals surface area contributed by atoms with Crippen LogP contribution in [0, 0.1) is 6.92 Å². The van der Waals surface area contributed by atoms with E-state index >= 15 is 0 Å². The van der Waals surface area contributed by atoms with Crippen LogP contribution >= 0.6 is 23.1 Å². The van der Waals surface area contributed by atoms with E-state index in [1.807, 2.05) is 23.1 Å². The molecule has 0 amide bonds. The summed E-state index contributed by atoms with van der Waals surface area (Å²) in [5.74, 6) is 1.22. The molecule has 0 aliphatic heterocycles. The average molecular weight is 287 g/mol. The fourth-order valence-electron chi connectivity index (χ4n) is 1.66. The number of thioether (sulfide) groups is 1. The van der Waals surface area contributed by atoms with Gasteiger partial charge >= 0.3 is 0 Å². The topological polar surface area (TPSA) is 28.2 Å². The molecule has 18 heavy (non-hydrogen) atoms. The second kappa shape index (κ2) is 8.77. The quantitative estimate of drug-likeness (QED) is 0.706. The molecular formula is C13H25N3S2. The van der Waals surface area contributed by atoms with E-state index < -0.39 is 0 Å². The molecule has 0 aromatic carbocycles. The molecular weight excluding hydrogens is 262 g/mol. The summed E-state index contributed by atoms with van der Waals surface area (Å²) in [7, 11) is 2.14. The number of nitrogens with one attached hydrogen (secondary N) is 1. The Hall–Kier alpha value is -0.260. The van der Waals surface area contributed by atoms with E-state index in [-0.39, 0.29) is 0 Å². The lowest BCUT2D eigenvalue weighted by Gasteiger charge is -2.14. The third kappa shape index (κ3) is 5.16. The molecule has 0 atom stereocenters. The first-order valence-corrected chi connectivity index (χ1v) is 8.77. The summed E-state index contributed by atoms with van der Waals surface area (Å²) in [4.78, 5) is 8.31. The zero-order valence-corrected chi connectivity index (χ0v) is 13.6. The molecule has 3 nitrogen and oxygen atoms in total. The van der Waals surface area contributed by atoms with E-state index in [0.717, 1.165) is 24.8 Å². The number of anilines is 1. The van der Waals surface area contributed by atoms with Crippen molar-refractivity contribution in [2.75, 3.05) is 37.0 Å². The van der Waals surface area contributed by atoms with Crippen molar-refractivity contribution in [3.05, 3.63) is 10.6 Å². The molecule has 1 heterocycles. The summed E-state index contributed by atoms with van der Waals surface area (Å²) in [6.45, 7) is 7.43. The third-order valence-electron chi connectivity index (χ3n) is 2.76. The maximum atomic E-state index is 4.67. The summed E-state index contributed by atoms with van der Waals surface area (Å²) in [6.07, 6.45) is 4.56. The summed E-state index contributed by atoms with van der Waals surface area (Å²) in [5, 5.41) is 4.60. The van der Waals surface area contributed by atoms with Gasteiger partial charge in [-0.15, -0.1) is 11.3 Å². The second-order valence-corrected chi connectivity index (χ2v) is 6.50. The Morgan fingerprint density at radius 3 is 2.89 bits per heavy atom. The lowest BCUT2D eigenvalue weighted by Crippen LogP contribution is -2.18. The Morgan fingerprint density at radius 1 is 1.44 bits per heavy atom. The second-order valence-electron chi connectivity index (χ2n) is 4.45. The van der Waals surface area contributed by atoms with Gasteiger partial charge in [-0.1, -0.05) is 6.92 Å². The van der Waals surface area contributed by atoms with Crippen LogP contribution in [0.1, 0.15) is 30.3 Å². The highest BCUT2D eigenvalue weighted by Crippen LogP contribution is 2.25. The smallest absolute Gasteiger partial charge is 0.185 e. The van der Waals surface area contributed by atoms with Crippen molar-refractivity contribution in [1.29, 1.82) is 0 Å². The standard InChI is InChI=1S/C13H25N3S2/c1-5-7-14-10-12-11(2)15-13(18-12)16(3)8-6-9-17-4/h14H,5-10H2,1-4H3. The minimum Gasteiger partial charge on any atom is -0.351 e. The minimum atomic E-state index is 0.954. The Kier molecular flexibility index (Phi) is 7.70. The SMILES string of the molecule is CCCNCc1sc(N(C)CCCSC)nc1C. The van der Waals surface area contributed by atoms with E-state index in [4.69, 9.17) is 0 Å². The molecule has 1 rings (SSSR count). The Balaban J connectivity index is 2.48. The number of nitrogens with zero attached hydrogens (tertiary/aromatic N) is 2. The van der Waals surface area contributed by atoms with Gasteiger partial charge in [0.05, 0.1) is 5.69 Å². The van der Waals surface area contributed by atoms with Crippen LogP contribution in [0.15, 0.2) is 0 Å². The van der Waals surface area contributed by atoms with E-state index in [9.17, 15) is 0 Å². The average Bonchev–Trinajstić information content (AvgIpc) is 2.72. The molecule has 0 unspecified atom stereocenters. The van der Waals surface area contributed by atoms with Crippen LogP contribution in [0.3, 0.4) is 0 Å². The Labute approximate surface area is 119 Å². The molecule has 104 valence electrons. The molecule has 5 heteroatoms. The number of hydrogen-bond donors (Lipinski definition) is 1. The fourth-order valence-corrected chi connectivity index (χ4v) is 3.10. The molecule has 0 fully saturated rings. The summed E-state index contributed by atoms with van der Waals surface area (Å²) < 4.78 is 0. The molecule has 0 bridgehead atoms.